The fraction of sp³-hybridized carbons (Fsp3) is 0.545. The number of nitrogens with zero attached hydrogens (tertiary/aromatic N) is 3. The van der Waals surface area contributed by atoms with Gasteiger partial charge in [-0.3, -0.25) is 0 Å². The molecule has 0 saturated carbocycles. The highest BCUT2D eigenvalue weighted by Crippen LogP contribution is 2.22. The number of anilines is 1. The van der Waals surface area contributed by atoms with Crippen molar-refractivity contribution in [3.63, 3.8) is 0 Å². The van der Waals surface area contributed by atoms with Crippen LogP contribution in [0, 0.1) is 0 Å². The average molecular weight is 527 g/mol. The van der Waals surface area contributed by atoms with Gasteiger partial charge in [-0.05, 0) is 24.6 Å². The lowest BCUT2D eigenvalue weighted by Crippen LogP contribution is -2.36. The van der Waals surface area contributed by atoms with Gasteiger partial charge in [0, 0.05) is 30.7 Å². The Morgan fingerprint density at radius 1 is 1.13 bits per heavy atom. The maximum atomic E-state index is 5.84. The highest BCUT2D eigenvalue weighted by molar-refractivity contribution is 14.0. The standard InChI is InChI=1S/C22H33N5O2.HI/c1-5-23-21(26-16-20-24-15-19(29-20)22(2,3)4)25-14-17-6-8-18(9-7-17)27-10-12-28-13-11-27;/h6-9,15H,5,10-14,16H2,1-4H3,(H2,23,25,26);1H. The van der Waals surface area contributed by atoms with Gasteiger partial charge in [-0.25, -0.2) is 9.98 Å². The van der Waals surface area contributed by atoms with Crippen LogP contribution in [0.4, 0.5) is 5.69 Å². The third kappa shape index (κ3) is 7.16. The van der Waals surface area contributed by atoms with Gasteiger partial charge < -0.3 is 24.7 Å². The molecule has 0 bridgehead atoms. The van der Waals surface area contributed by atoms with E-state index < -0.39 is 0 Å². The number of benzene rings is 1. The lowest BCUT2D eigenvalue weighted by atomic mass is 9.94. The van der Waals surface area contributed by atoms with E-state index in [-0.39, 0.29) is 29.4 Å². The zero-order valence-electron chi connectivity index (χ0n) is 18.4. The van der Waals surface area contributed by atoms with Crippen LogP contribution >= 0.6 is 24.0 Å². The molecule has 1 fully saturated rings. The number of rotatable bonds is 6. The molecule has 0 atom stereocenters. The van der Waals surface area contributed by atoms with E-state index >= 15 is 0 Å². The van der Waals surface area contributed by atoms with Crippen LogP contribution in [0.25, 0.3) is 0 Å². The zero-order valence-corrected chi connectivity index (χ0v) is 20.7. The lowest BCUT2D eigenvalue weighted by molar-refractivity contribution is 0.122. The summed E-state index contributed by atoms with van der Waals surface area (Å²) in [5.74, 6) is 2.30. The first kappa shape index (κ1) is 24.5. The van der Waals surface area contributed by atoms with Crippen LogP contribution in [0.15, 0.2) is 39.9 Å². The van der Waals surface area contributed by atoms with Crippen molar-refractivity contribution in [2.24, 2.45) is 4.99 Å². The Balaban J connectivity index is 0.00000320. The topological polar surface area (TPSA) is 74.9 Å². The number of aliphatic imine (C=N–C) groups is 1. The molecule has 2 aromatic rings. The molecule has 1 aromatic carbocycles. The van der Waals surface area contributed by atoms with E-state index in [1.807, 2.05) is 0 Å². The van der Waals surface area contributed by atoms with E-state index in [1.54, 1.807) is 6.20 Å². The molecular weight excluding hydrogens is 493 g/mol. The van der Waals surface area contributed by atoms with Gasteiger partial charge in [0.05, 0.1) is 32.5 Å². The van der Waals surface area contributed by atoms with E-state index in [4.69, 9.17) is 9.15 Å². The van der Waals surface area contributed by atoms with E-state index in [0.29, 0.717) is 19.0 Å². The first-order chi connectivity index (χ1) is 14.0. The third-order valence-electron chi connectivity index (χ3n) is 4.78. The summed E-state index contributed by atoms with van der Waals surface area (Å²) >= 11 is 0. The molecule has 7 nitrogen and oxygen atoms in total. The Labute approximate surface area is 196 Å². The molecule has 0 aliphatic carbocycles. The van der Waals surface area contributed by atoms with Gasteiger partial charge in [-0.1, -0.05) is 32.9 Å². The van der Waals surface area contributed by atoms with Crippen molar-refractivity contribution in [2.75, 3.05) is 37.7 Å². The van der Waals surface area contributed by atoms with Crippen LogP contribution in [-0.4, -0.2) is 43.8 Å². The predicted molar refractivity (Wildman–Crippen MR) is 132 cm³/mol. The number of hydrogen-bond donors (Lipinski definition) is 2. The number of oxazole rings is 1. The summed E-state index contributed by atoms with van der Waals surface area (Å²) in [5.41, 5.74) is 2.37. The fourth-order valence-electron chi connectivity index (χ4n) is 3.04. The van der Waals surface area contributed by atoms with Crippen LogP contribution in [-0.2, 0) is 23.2 Å². The summed E-state index contributed by atoms with van der Waals surface area (Å²) in [5, 5.41) is 6.57. The molecular formula is C22H34IN5O2. The van der Waals surface area contributed by atoms with Crippen molar-refractivity contribution in [1.29, 1.82) is 0 Å². The van der Waals surface area contributed by atoms with Crippen molar-refractivity contribution < 1.29 is 9.15 Å². The summed E-state index contributed by atoms with van der Waals surface area (Å²) in [7, 11) is 0. The van der Waals surface area contributed by atoms with Crippen molar-refractivity contribution in [2.45, 2.75) is 46.2 Å². The van der Waals surface area contributed by atoms with Gasteiger partial charge in [-0.15, -0.1) is 24.0 Å². The van der Waals surface area contributed by atoms with Gasteiger partial charge in [-0.2, -0.15) is 0 Å². The number of ether oxygens (including phenoxy) is 1. The van der Waals surface area contributed by atoms with Crippen LogP contribution in [0.1, 0.15) is 44.9 Å². The first-order valence-corrected chi connectivity index (χ1v) is 10.3. The second kappa shape index (κ2) is 11.5. The summed E-state index contributed by atoms with van der Waals surface area (Å²) in [4.78, 5) is 11.4. The number of nitrogens with one attached hydrogen (secondary N) is 2. The van der Waals surface area contributed by atoms with Crippen molar-refractivity contribution in [3.8, 4) is 0 Å². The van der Waals surface area contributed by atoms with Crippen molar-refractivity contribution in [3.05, 3.63) is 47.7 Å². The largest absolute Gasteiger partial charge is 0.443 e. The fourth-order valence-corrected chi connectivity index (χ4v) is 3.04. The minimum atomic E-state index is -0.0444. The van der Waals surface area contributed by atoms with Crippen LogP contribution in [0.2, 0.25) is 0 Å². The minimum Gasteiger partial charge on any atom is -0.443 e. The zero-order chi connectivity index (χ0) is 20.7. The van der Waals surface area contributed by atoms with Crippen LogP contribution in [0.3, 0.4) is 0 Å². The molecule has 2 N–H and O–H groups in total. The number of guanidine groups is 1. The number of halogens is 1. The number of aromatic nitrogens is 1. The van der Waals surface area contributed by atoms with E-state index in [2.05, 4.69) is 77.5 Å². The van der Waals surface area contributed by atoms with Gasteiger partial charge in [0.2, 0.25) is 5.89 Å². The quantitative estimate of drug-likeness (QED) is 0.339. The summed E-state index contributed by atoms with van der Waals surface area (Å²) in [6, 6.07) is 8.61. The predicted octanol–water partition coefficient (Wildman–Crippen LogP) is 3.68. The monoisotopic (exact) mass is 527 g/mol. The lowest BCUT2D eigenvalue weighted by Gasteiger charge is -2.28. The molecule has 8 heteroatoms. The molecule has 0 unspecified atom stereocenters. The molecule has 1 aromatic heterocycles. The molecule has 166 valence electrons. The highest BCUT2D eigenvalue weighted by Gasteiger charge is 2.19. The summed E-state index contributed by atoms with van der Waals surface area (Å²) in [6.07, 6.45) is 1.80. The Morgan fingerprint density at radius 3 is 2.43 bits per heavy atom. The SMILES string of the molecule is CCNC(=NCc1ccc(N2CCOCC2)cc1)NCc1ncc(C(C)(C)C)o1.I. The molecule has 1 aliphatic rings. The Kier molecular flexibility index (Phi) is 9.41. The average Bonchev–Trinajstić information content (AvgIpc) is 3.21. The Bertz CT molecular complexity index is 793. The number of hydrogen-bond acceptors (Lipinski definition) is 5. The molecule has 0 radical (unpaired) electrons. The van der Waals surface area contributed by atoms with Gasteiger partial charge in [0.25, 0.3) is 0 Å². The molecule has 3 rings (SSSR count). The second-order valence-electron chi connectivity index (χ2n) is 8.18. The molecule has 0 spiro atoms. The second-order valence-corrected chi connectivity index (χ2v) is 8.18. The minimum absolute atomic E-state index is 0. The smallest absolute Gasteiger partial charge is 0.213 e. The van der Waals surface area contributed by atoms with Gasteiger partial charge in [0.15, 0.2) is 5.96 Å². The molecule has 0 amide bonds. The highest BCUT2D eigenvalue weighted by atomic mass is 127. The molecule has 2 heterocycles. The third-order valence-corrected chi connectivity index (χ3v) is 4.78. The molecule has 1 aliphatic heterocycles. The maximum Gasteiger partial charge on any atom is 0.213 e. The van der Waals surface area contributed by atoms with E-state index in [0.717, 1.165) is 44.6 Å². The Hall–Kier alpha value is -1.81. The molecule has 30 heavy (non-hydrogen) atoms. The molecule has 1 saturated heterocycles. The van der Waals surface area contributed by atoms with Crippen molar-refractivity contribution >= 4 is 35.6 Å². The van der Waals surface area contributed by atoms with E-state index in [9.17, 15) is 0 Å². The maximum absolute atomic E-state index is 5.84. The van der Waals surface area contributed by atoms with Crippen molar-refractivity contribution in [1.82, 2.24) is 15.6 Å². The Morgan fingerprint density at radius 2 is 1.83 bits per heavy atom. The van der Waals surface area contributed by atoms with Gasteiger partial charge >= 0.3 is 0 Å². The first-order valence-electron chi connectivity index (χ1n) is 10.3. The van der Waals surface area contributed by atoms with Crippen LogP contribution < -0.4 is 15.5 Å². The van der Waals surface area contributed by atoms with Crippen LogP contribution in [0.5, 0.6) is 0 Å². The van der Waals surface area contributed by atoms with Gasteiger partial charge in [0.1, 0.15) is 5.76 Å². The van der Waals surface area contributed by atoms with E-state index in [1.165, 1.54) is 11.3 Å². The summed E-state index contributed by atoms with van der Waals surface area (Å²) < 4.78 is 11.3. The summed E-state index contributed by atoms with van der Waals surface area (Å²) in [6.45, 7) is 13.8. The normalized spacial score (nSPS) is 14.9. The number of morpholine rings is 1.